The van der Waals surface area contributed by atoms with Crippen molar-refractivity contribution in [1.29, 1.82) is 0 Å². The highest BCUT2D eigenvalue weighted by Gasteiger charge is 2.34. The SMILES string of the molecule is CSc1ccccc1C(=O)NC(c1ccccc1)C(C)(C)N(C)C. The molecule has 1 atom stereocenters. The van der Waals surface area contributed by atoms with E-state index in [1.165, 1.54) is 0 Å². The van der Waals surface area contributed by atoms with E-state index in [0.29, 0.717) is 0 Å². The third-order valence-electron chi connectivity index (χ3n) is 4.62. The van der Waals surface area contributed by atoms with E-state index < -0.39 is 0 Å². The third kappa shape index (κ3) is 4.00. The lowest BCUT2D eigenvalue weighted by molar-refractivity contribution is 0.0837. The van der Waals surface area contributed by atoms with E-state index in [0.717, 1.165) is 16.0 Å². The average Bonchev–Trinajstić information content (AvgIpc) is 2.59. The van der Waals surface area contributed by atoms with Crippen molar-refractivity contribution >= 4 is 17.7 Å². The van der Waals surface area contributed by atoms with Gasteiger partial charge in [-0.25, -0.2) is 0 Å². The van der Waals surface area contributed by atoms with Crippen LogP contribution in [-0.4, -0.2) is 36.7 Å². The fourth-order valence-corrected chi connectivity index (χ4v) is 3.21. The predicted molar refractivity (Wildman–Crippen MR) is 103 cm³/mol. The summed E-state index contributed by atoms with van der Waals surface area (Å²) >= 11 is 1.59. The number of hydrogen-bond donors (Lipinski definition) is 1. The molecule has 0 aliphatic carbocycles. The Kier molecular flexibility index (Phi) is 6.08. The summed E-state index contributed by atoms with van der Waals surface area (Å²) in [4.78, 5) is 16.1. The van der Waals surface area contributed by atoms with E-state index in [1.807, 2.05) is 62.8 Å². The second kappa shape index (κ2) is 7.86. The van der Waals surface area contributed by atoms with Gasteiger partial charge in [-0.05, 0) is 51.9 Å². The molecule has 1 amide bonds. The van der Waals surface area contributed by atoms with Gasteiger partial charge in [0.25, 0.3) is 5.91 Å². The van der Waals surface area contributed by atoms with E-state index in [2.05, 4.69) is 36.2 Å². The Morgan fingerprint density at radius 2 is 1.62 bits per heavy atom. The molecule has 1 N–H and O–H groups in total. The monoisotopic (exact) mass is 342 g/mol. The molecule has 0 heterocycles. The van der Waals surface area contributed by atoms with Crippen LogP contribution in [0.5, 0.6) is 0 Å². The molecule has 0 aliphatic heterocycles. The van der Waals surface area contributed by atoms with E-state index in [9.17, 15) is 4.79 Å². The van der Waals surface area contributed by atoms with Crippen LogP contribution in [0.3, 0.4) is 0 Å². The molecule has 2 rings (SSSR count). The van der Waals surface area contributed by atoms with Crippen LogP contribution in [0.4, 0.5) is 0 Å². The number of hydrogen-bond acceptors (Lipinski definition) is 3. The largest absolute Gasteiger partial charge is 0.343 e. The van der Waals surface area contributed by atoms with Crippen molar-refractivity contribution in [3.63, 3.8) is 0 Å². The van der Waals surface area contributed by atoms with Gasteiger partial charge < -0.3 is 10.2 Å². The summed E-state index contributed by atoms with van der Waals surface area (Å²) in [7, 11) is 4.08. The van der Waals surface area contributed by atoms with Gasteiger partial charge in [0.2, 0.25) is 0 Å². The standard InChI is InChI=1S/C20H26N2OS/c1-20(2,22(3)4)18(15-11-7-6-8-12-15)21-19(23)16-13-9-10-14-17(16)24-5/h6-14,18H,1-5H3,(H,21,23). The quantitative estimate of drug-likeness (QED) is 0.798. The molecule has 0 radical (unpaired) electrons. The fourth-order valence-electron chi connectivity index (χ4n) is 2.61. The van der Waals surface area contributed by atoms with E-state index in [-0.39, 0.29) is 17.5 Å². The van der Waals surface area contributed by atoms with Gasteiger partial charge in [-0.2, -0.15) is 0 Å². The van der Waals surface area contributed by atoms with E-state index >= 15 is 0 Å². The van der Waals surface area contributed by atoms with E-state index in [1.54, 1.807) is 11.8 Å². The first-order valence-corrected chi connectivity index (χ1v) is 9.26. The number of rotatable bonds is 6. The van der Waals surface area contributed by atoms with Crippen LogP contribution in [0.2, 0.25) is 0 Å². The molecule has 0 saturated heterocycles. The molecular weight excluding hydrogens is 316 g/mol. The minimum Gasteiger partial charge on any atom is -0.343 e. The lowest BCUT2D eigenvalue weighted by Gasteiger charge is -2.41. The highest BCUT2D eigenvalue weighted by atomic mass is 32.2. The molecule has 128 valence electrons. The van der Waals surface area contributed by atoms with Gasteiger partial charge in [-0.15, -0.1) is 11.8 Å². The first-order valence-electron chi connectivity index (χ1n) is 8.04. The third-order valence-corrected chi connectivity index (χ3v) is 5.41. The zero-order valence-electron chi connectivity index (χ0n) is 15.0. The molecule has 0 aromatic heterocycles. The maximum atomic E-state index is 12.9. The zero-order valence-corrected chi connectivity index (χ0v) is 15.9. The Morgan fingerprint density at radius 1 is 1.04 bits per heavy atom. The molecule has 1 unspecified atom stereocenters. The highest BCUT2D eigenvalue weighted by molar-refractivity contribution is 7.98. The van der Waals surface area contributed by atoms with Gasteiger partial charge in [0, 0.05) is 10.4 Å². The van der Waals surface area contributed by atoms with Crippen LogP contribution in [0.1, 0.15) is 35.8 Å². The van der Waals surface area contributed by atoms with Crippen molar-refractivity contribution in [1.82, 2.24) is 10.2 Å². The summed E-state index contributed by atoms with van der Waals surface area (Å²) in [6.45, 7) is 4.29. The molecule has 3 nitrogen and oxygen atoms in total. The summed E-state index contributed by atoms with van der Waals surface area (Å²) in [6.07, 6.45) is 1.99. The smallest absolute Gasteiger partial charge is 0.252 e. The second-order valence-corrected chi connectivity index (χ2v) is 7.41. The number of amides is 1. The average molecular weight is 343 g/mol. The molecular formula is C20H26N2OS. The number of carbonyl (C=O) groups is 1. The molecule has 2 aromatic rings. The minimum atomic E-state index is -0.231. The molecule has 0 saturated carbocycles. The topological polar surface area (TPSA) is 32.3 Å². The summed E-state index contributed by atoms with van der Waals surface area (Å²) in [5.74, 6) is -0.0382. The Hall–Kier alpha value is -1.78. The molecule has 0 bridgehead atoms. The summed E-state index contributed by atoms with van der Waals surface area (Å²) in [6, 6.07) is 17.8. The van der Waals surface area contributed by atoms with Crippen molar-refractivity contribution in [3.8, 4) is 0 Å². The number of nitrogens with zero attached hydrogens (tertiary/aromatic N) is 1. The van der Waals surface area contributed by atoms with Crippen LogP contribution in [0, 0.1) is 0 Å². The first kappa shape index (κ1) is 18.6. The molecule has 24 heavy (non-hydrogen) atoms. The predicted octanol–water partition coefficient (Wildman–Crippen LogP) is 4.22. The number of likely N-dealkylation sites (N-methyl/N-ethyl adjacent to an activating group) is 1. The van der Waals surface area contributed by atoms with Crippen LogP contribution in [0.15, 0.2) is 59.5 Å². The van der Waals surface area contributed by atoms with Crippen LogP contribution in [-0.2, 0) is 0 Å². The maximum absolute atomic E-state index is 12.9. The molecule has 0 fully saturated rings. The van der Waals surface area contributed by atoms with Gasteiger partial charge in [0.1, 0.15) is 0 Å². The Labute approximate surface area is 149 Å². The Balaban J connectivity index is 2.37. The van der Waals surface area contributed by atoms with Gasteiger partial charge in [0.05, 0.1) is 11.6 Å². The first-order chi connectivity index (χ1) is 11.4. The molecule has 4 heteroatoms. The number of carbonyl (C=O) groups excluding carboxylic acids is 1. The molecule has 0 aliphatic rings. The van der Waals surface area contributed by atoms with Crippen molar-refractivity contribution < 1.29 is 4.79 Å². The normalized spacial score (nSPS) is 12.9. The maximum Gasteiger partial charge on any atom is 0.252 e. The lowest BCUT2D eigenvalue weighted by atomic mass is 9.87. The minimum absolute atomic E-state index is 0.0382. The van der Waals surface area contributed by atoms with Crippen molar-refractivity contribution in [2.75, 3.05) is 20.4 Å². The van der Waals surface area contributed by atoms with Gasteiger partial charge in [-0.3, -0.25) is 4.79 Å². The summed E-state index contributed by atoms with van der Waals surface area (Å²) in [5.41, 5.74) is 1.59. The van der Waals surface area contributed by atoms with Gasteiger partial charge in [-0.1, -0.05) is 42.5 Å². The van der Waals surface area contributed by atoms with Crippen LogP contribution >= 0.6 is 11.8 Å². The Morgan fingerprint density at radius 3 is 2.21 bits per heavy atom. The van der Waals surface area contributed by atoms with E-state index in [4.69, 9.17) is 0 Å². The Bertz CT molecular complexity index is 683. The van der Waals surface area contributed by atoms with Crippen molar-refractivity contribution in [2.24, 2.45) is 0 Å². The summed E-state index contributed by atoms with van der Waals surface area (Å²) in [5, 5.41) is 3.25. The summed E-state index contributed by atoms with van der Waals surface area (Å²) < 4.78 is 0. The van der Waals surface area contributed by atoms with Crippen LogP contribution < -0.4 is 5.32 Å². The van der Waals surface area contributed by atoms with Crippen LogP contribution in [0.25, 0.3) is 0 Å². The molecule has 0 spiro atoms. The van der Waals surface area contributed by atoms with Crippen molar-refractivity contribution in [3.05, 3.63) is 65.7 Å². The lowest BCUT2D eigenvalue weighted by Crippen LogP contribution is -2.50. The number of thioether (sulfide) groups is 1. The molecule has 2 aromatic carbocycles. The zero-order chi connectivity index (χ0) is 17.7. The van der Waals surface area contributed by atoms with Gasteiger partial charge in [0.15, 0.2) is 0 Å². The number of nitrogens with one attached hydrogen (secondary N) is 1. The second-order valence-electron chi connectivity index (χ2n) is 6.57. The number of benzene rings is 2. The van der Waals surface area contributed by atoms with Crippen molar-refractivity contribution in [2.45, 2.75) is 30.3 Å². The highest BCUT2D eigenvalue weighted by Crippen LogP contribution is 2.30. The van der Waals surface area contributed by atoms with Gasteiger partial charge >= 0.3 is 0 Å². The fraction of sp³-hybridized carbons (Fsp3) is 0.350.